The highest BCUT2D eigenvalue weighted by molar-refractivity contribution is 6.17. The standard InChI is InChI=1S/C14H14ClNO/c1-14(2)7-10-12(8-15)16-17-13(10)9-5-3-4-6-11(9)14/h3-6H,7-8H2,1-2H3. The van der Waals surface area contributed by atoms with Crippen LogP contribution in [-0.4, -0.2) is 5.16 Å². The van der Waals surface area contributed by atoms with Crippen molar-refractivity contribution in [2.75, 3.05) is 0 Å². The average Bonchev–Trinajstić information content (AvgIpc) is 2.71. The fourth-order valence-corrected chi connectivity index (χ4v) is 2.86. The smallest absolute Gasteiger partial charge is 0.170 e. The molecule has 0 unspecified atom stereocenters. The molecule has 88 valence electrons. The van der Waals surface area contributed by atoms with E-state index in [0.29, 0.717) is 5.88 Å². The predicted octanol–water partition coefficient (Wildman–Crippen LogP) is 3.91. The maximum atomic E-state index is 5.90. The van der Waals surface area contributed by atoms with E-state index in [-0.39, 0.29) is 5.41 Å². The van der Waals surface area contributed by atoms with Crippen LogP contribution >= 0.6 is 11.6 Å². The molecule has 0 radical (unpaired) electrons. The first kappa shape index (κ1) is 10.8. The zero-order valence-corrected chi connectivity index (χ0v) is 10.7. The summed E-state index contributed by atoms with van der Waals surface area (Å²) in [5, 5.41) is 4.07. The molecule has 0 saturated carbocycles. The summed E-state index contributed by atoms with van der Waals surface area (Å²) in [6.07, 6.45) is 0.935. The number of aromatic nitrogens is 1. The molecule has 0 saturated heterocycles. The van der Waals surface area contributed by atoms with Crippen LogP contribution in [0.4, 0.5) is 0 Å². The minimum atomic E-state index is 0.107. The van der Waals surface area contributed by atoms with Crippen molar-refractivity contribution in [3.63, 3.8) is 0 Å². The Balaban J connectivity index is 2.29. The zero-order chi connectivity index (χ0) is 12.0. The van der Waals surface area contributed by atoms with Gasteiger partial charge >= 0.3 is 0 Å². The molecule has 3 heteroatoms. The average molecular weight is 248 g/mol. The molecule has 3 rings (SSSR count). The molecular formula is C14H14ClNO. The Morgan fingerprint density at radius 1 is 1.35 bits per heavy atom. The third-order valence-electron chi connectivity index (χ3n) is 3.52. The normalized spacial score (nSPS) is 16.4. The van der Waals surface area contributed by atoms with Gasteiger partial charge in [-0.25, -0.2) is 0 Å². The number of hydrogen-bond acceptors (Lipinski definition) is 2. The fraction of sp³-hybridized carbons (Fsp3) is 0.357. The molecule has 1 aliphatic rings. The molecule has 17 heavy (non-hydrogen) atoms. The predicted molar refractivity (Wildman–Crippen MR) is 68.2 cm³/mol. The molecule has 1 heterocycles. The number of rotatable bonds is 1. The van der Waals surface area contributed by atoms with Crippen LogP contribution < -0.4 is 0 Å². The molecule has 0 bridgehead atoms. The van der Waals surface area contributed by atoms with Gasteiger partial charge in [0.25, 0.3) is 0 Å². The van der Waals surface area contributed by atoms with E-state index >= 15 is 0 Å². The third-order valence-corrected chi connectivity index (χ3v) is 3.77. The number of hydrogen-bond donors (Lipinski definition) is 0. The second-order valence-electron chi connectivity index (χ2n) is 5.18. The lowest BCUT2D eigenvalue weighted by molar-refractivity contribution is 0.420. The summed E-state index contributed by atoms with van der Waals surface area (Å²) in [5.74, 6) is 1.31. The SMILES string of the molecule is CC1(C)Cc2c(CCl)noc2-c2ccccc21. The molecule has 1 aliphatic carbocycles. The molecule has 0 atom stereocenters. The number of halogens is 1. The highest BCUT2D eigenvalue weighted by Gasteiger charge is 2.34. The Hall–Kier alpha value is -1.28. The Morgan fingerprint density at radius 2 is 2.12 bits per heavy atom. The summed E-state index contributed by atoms with van der Waals surface area (Å²) in [7, 11) is 0. The minimum Gasteiger partial charge on any atom is -0.356 e. The Morgan fingerprint density at radius 3 is 2.88 bits per heavy atom. The molecule has 0 aliphatic heterocycles. The second kappa shape index (κ2) is 3.61. The molecule has 1 aromatic carbocycles. The summed E-state index contributed by atoms with van der Waals surface area (Å²) in [5.41, 5.74) is 4.64. The molecule has 2 nitrogen and oxygen atoms in total. The minimum absolute atomic E-state index is 0.107. The van der Waals surface area contributed by atoms with Crippen molar-refractivity contribution in [3.05, 3.63) is 41.1 Å². The van der Waals surface area contributed by atoms with E-state index in [4.69, 9.17) is 16.1 Å². The van der Waals surface area contributed by atoms with Gasteiger partial charge < -0.3 is 4.52 Å². The lowest BCUT2D eigenvalue weighted by Crippen LogP contribution is -2.25. The van der Waals surface area contributed by atoms with Gasteiger partial charge in [0.15, 0.2) is 5.76 Å². The highest BCUT2D eigenvalue weighted by atomic mass is 35.5. The quantitative estimate of drug-likeness (QED) is 0.714. The number of benzene rings is 1. The molecule has 1 aromatic heterocycles. The van der Waals surface area contributed by atoms with Crippen LogP contribution in [-0.2, 0) is 17.7 Å². The summed E-state index contributed by atoms with van der Waals surface area (Å²) < 4.78 is 5.46. The van der Waals surface area contributed by atoms with E-state index in [0.717, 1.165) is 23.4 Å². The molecule has 0 amide bonds. The second-order valence-corrected chi connectivity index (χ2v) is 5.44. The van der Waals surface area contributed by atoms with E-state index in [1.54, 1.807) is 0 Å². The molecule has 0 spiro atoms. The summed E-state index contributed by atoms with van der Waals surface area (Å²) in [6.45, 7) is 4.50. The number of fused-ring (bicyclic) bond motifs is 3. The number of alkyl halides is 1. The first-order chi connectivity index (χ1) is 8.13. The van der Waals surface area contributed by atoms with Gasteiger partial charge in [-0.05, 0) is 17.4 Å². The van der Waals surface area contributed by atoms with Crippen molar-refractivity contribution in [2.24, 2.45) is 0 Å². The van der Waals surface area contributed by atoms with Crippen molar-refractivity contribution in [2.45, 2.75) is 31.6 Å². The first-order valence-corrected chi connectivity index (χ1v) is 6.30. The highest BCUT2D eigenvalue weighted by Crippen LogP contribution is 2.44. The van der Waals surface area contributed by atoms with Crippen LogP contribution in [0.25, 0.3) is 11.3 Å². The topological polar surface area (TPSA) is 26.0 Å². The Kier molecular flexibility index (Phi) is 2.30. The van der Waals surface area contributed by atoms with Gasteiger partial charge in [-0.2, -0.15) is 0 Å². The van der Waals surface area contributed by atoms with Gasteiger partial charge in [0.05, 0.1) is 5.88 Å². The molecule has 0 fully saturated rings. The van der Waals surface area contributed by atoms with Crippen molar-refractivity contribution in [1.82, 2.24) is 5.16 Å². The van der Waals surface area contributed by atoms with Crippen LogP contribution in [0.15, 0.2) is 28.8 Å². The summed E-state index contributed by atoms with van der Waals surface area (Å²) >= 11 is 5.90. The van der Waals surface area contributed by atoms with Crippen LogP contribution in [0, 0.1) is 0 Å². The van der Waals surface area contributed by atoms with Gasteiger partial charge in [0, 0.05) is 11.1 Å². The Labute approximate surface area is 106 Å². The van der Waals surface area contributed by atoms with Gasteiger partial charge in [0.2, 0.25) is 0 Å². The first-order valence-electron chi connectivity index (χ1n) is 5.77. The molecule has 2 aromatic rings. The fourth-order valence-electron chi connectivity index (χ4n) is 2.65. The van der Waals surface area contributed by atoms with Crippen molar-refractivity contribution in [3.8, 4) is 11.3 Å². The summed E-state index contributed by atoms with van der Waals surface area (Å²) in [6, 6.07) is 8.37. The van der Waals surface area contributed by atoms with E-state index in [2.05, 4.69) is 37.2 Å². The maximum absolute atomic E-state index is 5.90. The van der Waals surface area contributed by atoms with E-state index in [1.165, 1.54) is 11.1 Å². The van der Waals surface area contributed by atoms with Crippen LogP contribution in [0.3, 0.4) is 0 Å². The monoisotopic (exact) mass is 247 g/mol. The summed E-state index contributed by atoms with van der Waals surface area (Å²) in [4.78, 5) is 0. The number of nitrogens with zero attached hydrogens (tertiary/aromatic N) is 1. The maximum Gasteiger partial charge on any atom is 0.170 e. The van der Waals surface area contributed by atoms with Crippen molar-refractivity contribution in [1.29, 1.82) is 0 Å². The Bertz CT molecular complexity index is 571. The van der Waals surface area contributed by atoms with E-state index in [1.807, 2.05) is 6.07 Å². The van der Waals surface area contributed by atoms with Crippen LogP contribution in [0.2, 0.25) is 0 Å². The largest absolute Gasteiger partial charge is 0.356 e. The lowest BCUT2D eigenvalue weighted by atomic mass is 9.72. The van der Waals surface area contributed by atoms with E-state index < -0.39 is 0 Å². The van der Waals surface area contributed by atoms with Crippen LogP contribution in [0.5, 0.6) is 0 Å². The molecule has 0 N–H and O–H groups in total. The van der Waals surface area contributed by atoms with Gasteiger partial charge in [0.1, 0.15) is 5.69 Å². The van der Waals surface area contributed by atoms with E-state index in [9.17, 15) is 0 Å². The van der Waals surface area contributed by atoms with Crippen LogP contribution in [0.1, 0.15) is 30.7 Å². The lowest BCUT2D eigenvalue weighted by Gasteiger charge is -2.31. The van der Waals surface area contributed by atoms with Gasteiger partial charge in [-0.3, -0.25) is 0 Å². The third kappa shape index (κ3) is 1.51. The molecular weight excluding hydrogens is 234 g/mol. The van der Waals surface area contributed by atoms with Crippen molar-refractivity contribution >= 4 is 11.6 Å². The van der Waals surface area contributed by atoms with Gasteiger partial charge in [-0.1, -0.05) is 43.3 Å². The van der Waals surface area contributed by atoms with Gasteiger partial charge in [-0.15, -0.1) is 11.6 Å². The zero-order valence-electron chi connectivity index (χ0n) is 9.96. The van der Waals surface area contributed by atoms with Crippen molar-refractivity contribution < 1.29 is 4.52 Å².